The molecule has 1 aromatic heterocycles. The summed E-state index contributed by atoms with van der Waals surface area (Å²) in [5.74, 6) is -0.0572. The number of para-hydroxylation sites is 2. The SMILES string of the molecule is CC.CC(=O)c1cnc2ccccc2n1. The quantitative estimate of drug-likeness (QED) is 0.668. The highest BCUT2D eigenvalue weighted by Gasteiger charge is 2.02. The Morgan fingerprint density at radius 3 is 2.33 bits per heavy atom. The van der Waals surface area contributed by atoms with Crippen molar-refractivity contribution in [1.82, 2.24) is 9.97 Å². The summed E-state index contributed by atoms with van der Waals surface area (Å²) in [6, 6.07) is 7.48. The van der Waals surface area contributed by atoms with Crippen molar-refractivity contribution in [2.24, 2.45) is 0 Å². The van der Waals surface area contributed by atoms with Crippen molar-refractivity contribution < 1.29 is 4.79 Å². The fourth-order valence-electron chi connectivity index (χ4n) is 1.13. The molecule has 2 aromatic rings. The standard InChI is InChI=1S/C10H8N2O.C2H6/c1-7(13)10-6-11-8-4-2-3-5-9(8)12-10;1-2/h2-6H,1H3;1-2H3. The summed E-state index contributed by atoms with van der Waals surface area (Å²) in [5, 5.41) is 0. The number of hydrogen-bond acceptors (Lipinski definition) is 3. The van der Waals surface area contributed by atoms with Crippen LogP contribution in [-0.4, -0.2) is 15.8 Å². The molecule has 0 saturated heterocycles. The van der Waals surface area contributed by atoms with E-state index in [-0.39, 0.29) is 5.78 Å². The van der Waals surface area contributed by atoms with E-state index in [1.54, 1.807) is 0 Å². The molecule has 0 radical (unpaired) electrons. The number of rotatable bonds is 1. The molecule has 0 saturated carbocycles. The predicted octanol–water partition coefficient (Wildman–Crippen LogP) is 2.86. The molecule has 15 heavy (non-hydrogen) atoms. The maximum absolute atomic E-state index is 11.0. The van der Waals surface area contributed by atoms with Gasteiger partial charge in [-0.15, -0.1) is 0 Å². The van der Waals surface area contributed by atoms with Crippen molar-refractivity contribution >= 4 is 16.8 Å². The van der Waals surface area contributed by atoms with Gasteiger partial charge in [0.1, 0.15) is 5.69 Å². The van der Waals surface area contributed by atoms with Crippen LogP contribution in [0.2, 0.25) is 0 Å². The number of aromatic nitrogens is 2. The molecule has 3 nitrogen and oxygen atoms in total. The van der Waals surface area contributed by atoms with Gasteiger partial charge < -0.3 is 0 Å². The Bertz CT molecular complexity index is 466. The normalized spacial score (nSPS) is 9.27. The van der Waals surface area contributed by atoms with Gasteiger partial charge in [-0.3, -0.25) is 9.78 Å². The average Bonchev–Trinajstić information content (AvgIpc) is 2.31. The van der Waals surface area contributed by atoms with E-state index in [9.17, 15) is 4.79 Å². The predicted molar refractivity (Wildman–Crippen MR) is 60.9 cm³/mol. The van der Waals surface area contributed by atoms with Crippen LogP contribution in [0.5, 0.6) is 0 Å². The first kappa shape index (κ1) is 11.3. The molecule has 0 fully saturated rings. The van der Waals surface area contributed by atoms with Crippen LogP contribution in [-0.2, 0) is 0 Å². The molecule has 78 valence electrons. The van der Waals surface area contributed by atoms with Gasteiger partial charge in [-0.25, -0.2) is 4.98 Å². The average molecular weight is 202 g/mol. The van der Waals surface area contributed by atoms with Crippen molar-refractivity contribution in [3.05, 3.63) is 36.2 Å². The maximum atomic E-state index is 11.0. The molecule has 0 aliphatic carbocycles. The van der Waals surface area contributed by atoms with E-state index < -0.39 is 0 Å². The first-order chi connectivity index (χ1) is 7.27. The number of benzene rings is 1. The molecule has 1 aromatic carbocycles. The van der Waals surface area contributed by atoms with Crippen LogP contribution in [0.3, 0.4) is 0 Å². The molecule has 0 aliphatic rings. The fraction of sp³-hybridized carbons (Fsp3) is 0.250. The highest BCUT2D eigenvalue weighted by Crippen LogP contribution is 2.08. The monoisotopic (exact) mass is 202 g/mol. The van der Waals surface area contributed by atoms with Crippen LogP contribution in [0.15, 0.2) is 30.5 Å². The maximum Gasteiger partial charge on any atom is 0.179 e. The Kier molecular flexibility index (Phi) is 3.92. The summed E-state index contributed by atoms with van der Waals surface area (Å²) in [7, 11) is 0. The minimum absolute atomic E-state index is 0.0572. The second-order valence-electron chi connectivity index (χ2n) is 2.80. The second kappa shape index (κ2) is 5.20. The highest BCUT2D eigenvalue weighted by molar-refractivity contribution is 5.93. The molecule has 0 bridgehead atoms. The van der Waals surface area contributed by atoms with Crippen molar-refractivity contribution in [3.8, 4) is 0 Å². The number of hydrogen-bond donors (Lipinski definition) is 0. The minimum Gasteiger partial charge on any atom is -0.293 e. The first-order valence-corrected chi connectivity index (χ1v) is 5.00. The summed E-state index contributed by atoms with van der Waals surface area (Å²) in [6.07, 6.45) is 1.50. The smallest absolute Gasteiger partial charge is 0.179 e. The van der Waals surface area contributed by atoms with Gasteiger partial charge in [0.25, 0.3) is 0 Å². The van der Waals surface area contributed by atoms with Crippen LogP contribution >= 0.6 is 0 Å². The van der Waals surface area contributed by atoms with Crippen LogP contribution < -0.4 is 0 Å². The van der Waals surface area contributed by atoms with Crippen molar-refractivity contribution in [3.63, 3.8) is 0 Å². The Labute approximate surface area is 89.2 Å². The van der Waals surface area contributed by atoms with E-state index in [1.165, 1.54) is 13.1 Å². The van der Waals surface area contributed by atoms with E-state index >= 15 is 0 Å². The largest absolute Gasteiger partial charge is 0.293 e. The lowest BCUT2D eigenvalue weighted by Gasteiger charge is -1.97. The van der Waals surface area contributed by atoms with E-state index in [0.29, 0.717) is 5.69 Å². The topological polar surface area (TPSA) is 42.9 Å². The molecular formula is C12H14N2O. The zero-order chi connectivity index (χ0) is 11.3. The van der Waals surface area contributed by atoms with Crippen LogP contribution in [0.25, 0.3) is 11.0 Å². The Balaban J connectivity index is 0.000000531. The molecule has 1 heterocycles. The molecular weight excluding hydrogens is 188 g/mol. The molecule has 0 atom stereocenters. The highest BCUT2D eigenvalue weighted by atomic mass is 16.1. The van der Waals surface area contributed by atoms with E-state index in [4.69, 9.17) is 0 Å². The third kappa shape index (κ3) is 2.59. The van der Waals surface area contributed by atoms with Crippen LogP contribution in [0, 0.1) is 0 Å². The number of fused-ring (bicyclic) bond motifs is 1. The number of ketones is 1. The number of carbonyl (C=O) groups is 1. The Hall–Kier alpha value is -1.77. The minimum atomic E-state index is -0.0572. The van der Waals surface area contributed by atoms with E-state index in [1.807, 2.05) is 38.1 Å². The van der Waals surface area contributed by atoms with E-state index in [0.717, 1.165) is 11.0 Å². The lowest BCUT2D eigenvalue weighted by atomic mass is 10.2. The third-order valence-electron chi connectivity index (χ3n) is 1.81. The van der Waals surface area contributed by atoms with Gasteiger partial charge in [-0.2, -0.15) is 0 Å². The van der Waals surface area contributed by atoms with Crippen molar-refractivity contribution in [2.75, 3.05) is 0 Å². The summed E-state index contributed by atoms with van der Waals surface area (Å²) in [5.41, 5.74) is 1.99. The lowest BCUT2D eigenvalue weighted by Crippen LogP contribution is -1.97. The zero-order valence-corrected chi connectivity index (χ0v) is 9.19. The fourth-order valence-corrected chi connectivity index (χ4v) is 1.13. The van der Waals surface area contributed by atoms with Crippen molar-refractivity contribution in [1.29, 1.82) is 0 Å². The molecule has 0 N–H and O–H groups in total. The van der Waals surface area contributed by atoms with E-state index in [2.05, 4.69) is 9.97 Å². The number of nitrogens with zero attached hydrogens (tertiary/aromatic N) is 2. The second-order valence-corrected chi connectivity index (χ2v) is 2.80. The van der Waals surface area contributed by atoms with Crippen LogP contribution in [0.4, 0.5) is 0 Å². The van der Waals surface area contributed by atoms with Gasteiger partial charge in [-0.05, 0) is 12.1 Å². The summed E-state index contributed by atoms with van der Waals surface area (Å²) >= 11 is 0. The Morgan fingerprint density at radius 1 is 1.13 bits per heavy atom. The number of Topliss-reactive ketones (excluding diaryl/α,β-unsaturated/α-hetero) is 1. The van der Waals surface area contributed by atoms with Gasteiger partial charge in [0.2, 0.25) is 0 Å². The molecule has 0 aliphatic heterocycles. The third-order valence-corrected chi connectivity index (χ3v) is 1.81. The Morgan fingerprint density at radius 2 is 1.73 bits per heavy atom. The summed E-state index contributed by atoms with van der Waals surface area (Å²) < 4.78 is 0. The van der Waals surface area contributed by atoms with Gasteiger partial charge >= 0.3 is 0 Å². The van der Waals surface area contributed by atoms with Crippen LogP contribution in [0.1, 0.15) is 31.3 Å². The van der Waals surface area contributed by atoms with Crippen molar-refractivity contribution in [2.45, 2.75) is 20.8 Å². The molecule has 2 rings (SSSR count). The molecule has 0 amide bonds. The first-order valence-electron chi connectivity index (χ1n) is 5.00. The summed E-state index contributed by atoms with van der Waals surface area (Å²) in [4.78, 5) is 19.3. The molecule has 3 heteroatoms. The molecule has 0 spiro atoms. The van der Waals surface area contributed by atoms with Gasteiger partial charge in [0, 0.05) is 6.92 Å². The van der Waals surface area contributed by atoms with Gasteiger partial charge in [0.05, 0.1) is 17.2 Å². The van der Waals surface area contributed by atoms with Gasteiger partial charge in [0.15, 0.2) is 5.78 Å². The zero-order valence-electron chi connectivity index (χ0n) is 9.19. The molecule has 0 unspecified atom stereocenters. The number of carbonyl (C=O) groups excluding carboxylic acids is 1. The lowest BCUT2D eigenvalue weighted by molar-refractivity contribution is 0.101. The summed E-state index contributed by atoms with van der Waals surface area (Å²) in [6.45, 7) is 5.48. The van der Waals surface area contributed by atoms with Gasteiger partial charge in [-0.1, -0.05) is 26.0 Å².